The minimum Gasteiger partial charge on any atom is -0.388 e. The molecule has 0 heterocycles. The highest BCUT2D eigenvalue weighted by molar-refractivity contribution is 7.99. The van der Waals surface area contributed by atoms with Crippen LogP contribution in [0.5, 0.6) is 0 Å². The molecule has 0 spiro atoms. The Balaban J connectivity index is 1.96. The molecule has 0 radical (unpaired) electrons. The predicted molar refractivity (Wildman–Crippen MR) is 73.3 cm³/mol. The molecular formula is C15H15FOS. The van der Waals surface area contributed by atoms with E-state index in [9.17, 15) is 9.50 Å². The molecule has 0 fully saturated rings. The number of aryl methyl sites for hydroxylation is 1. The molecule has 0 aliphatic rings. The highest BCUT2D eigenvalue weighted by atomic mass is 32.2. The Bertz CT molecular complexity index is 510. The lowest BCUT2D eigenvalue weighted by molar-refractivity contribution is 0.203. The Kier molecular flexibility index (Phi) is 4.39. The Morgan fingerprint density at radius 3 is 2.56 bits per heavy atom. The molecule has 94 valence electrons. The van der Waals surface area contributed by atoms with Crippen molar-refractivity contribution in [2.75, 3.05) is 5.75 Å². The van der Waals surface area contributed by atoms with E-state index in [-0.39, 0.29) is 5.82 Å². The first kappa shape index (κ1) is 13.1. The summed E-state index contributed by atoms with van der Waals surface area (Å²) in [5, 5.41) is 9.97. The van der Waals surface area contributed by atoms with Crippen molar-refractivity contribution in [1.82, 2.24) is 0 Å². The van der Waals surface area contributed by atoms with Crippen molar-refractivity contribution in [1.29, 1.82) is 0 Å². The largest absolute Gasteiger partial charge is 0.388 e. The van der Waals surface area contributed by atoms with Crippen LogP contribution in [0, 0.1) is 12.7 Å². The zero-order chi connectivity index (χ0) is 13.0. The first-order valence-corrected chi connectivity index (χ1v) is 6.77. The molecule has 0 bridgehead atoms. The van der Waals surface area contributed by atoms with Gasteiger partial charge in [0.05, 0.1) is 6.10 Å². The van der Waals surface area contributed by atoms with Crippen molar-refractivity contribution in [2.24, 2.45) is 0 Å². The smallest absolute Gasteiger partial charge is 0.123 e. The van der Waals surface area contributed by atoms with E-state index in [0.717, 1.165) is 4.90 Å². The summed E-state index contributed by atoms with van der Waals surface area (Å²) in [6, 6.07) is 14.2. The fourth-order valence-electron chi connectivity index (χ4n) is 1.62. The van der Waals surface area contributed by atoms with Gasteiger partial charge in [0.25, 0.3) is 0 Å². The van der Waals surface area contributed by atoms with Gasteiger partial charge in [-0.3, -0.25) is 0 Å². The Labute approximate surface area is 111 Å². The Morgan fingerprint density at radius 1 is 1.17 bits per heavy atom. The van der Waals surface area contributed by atoms with Crippen molar-refractivity contribution in [3.05, 3.63) is 65.5 Å². The van der Waals surface area contributed by atoms with Gasteiger partial charge in [-0.1, -0.05) is 29.8 Å². The van der Waals surface area contributed by atoms with E-state index >= 15 is 0 Å². The predicted octanol–water partition coefficient (Wildman–Crippen LogP) is 3.96. The van der Waals surface area contributed by atoms with Gasteiger partial charge >= 0.3 is 0 Å². The van der Waals surface area contributed by atoms with Gasteiger partial charge in [0.2, 0.25) is 0 Å². The molecule has 0 aliphatic heterocycles. The number of thioether (sulfide) groups is 1. The van der Waals surface area contributed by atoms with E-state index in [4.69, 9.17) is 0 Å². The van der Waals surface area contributed by atoms with Gasteiger partial charge in [-0.2, -0.15) is 0 Å². The van der Waals surface area contributed by atoms with Gasteiger partial charge in [0, 0.05) is 10.6 Å². The van der Waals surface area contributed by atoms with Crippen molar-refractivity contribution in [3.63, 3.8) is 0 Å². The molecule has 1 nitrogen and oxygen atoms in total. The lowest BCUT2D eigenvalue weighted by Gasteiger charge is -2.10. The van der Waals surface area contributed by atoms with E-state index in [2.05, 4.69) is 0 Å². The maximum absolute atomic E-state index is 13.0. The number of aliphatic hydroxyl groups excluding tert-OH is 1. The van der Waals surface area contributed by atoms with Crippen LogP contribution in [-0.4, -0.2) is 10.9 Å². The lowest BCUT2D eigenvalue weighted by atomic mass is 10.1. The molecule has 2 aromatic carbocycles. The SMILES string of the molecule is Cc1ccc(SCC(O)c2cccc(F)c2)cc1. The van der Waals surface area contributed by atoms with Gasteiger partial charge in [-0.15, -0.1) is 11.8 Å². The third kappa shape index (κ3) is 3.59. The molecule has 1 atom stereocenters. The topological polar surface area (TPSA) is 20.2 Å². The molecule has 18 heavy (non-hydrogen) atoms. The van der Waals surface area contributed by atoms with Crippen LogP contribution in [0.2, 0.25) is 0 Å². The molecule has 0 saturated heterocycles. The molecule has 1 N–H and O–H groups in total. The first-order chi connectivity index (χ1) is 8.65. The molecule has 2 rings (SSSR count). The molecule has 3 heteroatoms. The van der Waals surface area contributed by atoms with Gasteiger partial charge in [-0.25, -0.2) is 4.39 Å². The standard InChI is InChI=1S/C15H15FOS/c1-11-5-7-14(8-6-11)18-10-15(17)12-3-2-4-13(16)9-12/h2-9,15,17H,10H2,1H3. The van der Waals surface area contributed by atoms with Gasteiger partial charge in [-0.05, 0) is 36.8 Å². The highest BCUT2D eigenvalue weighted by Crippen LogP contribution is 2.25. The number of hydrogen-bond donors (Lipinski definition) is 1. The molecule has 1 unspecified atom stereocenters. The zero-order valence-corrected chi connectivity index (χ0v) is 11.0. The minimum absolute atomic E-state index is 0.313. The average molecular weight is 262 g/mol. The van der Waals surface area contributed by atoms with Crippen LogP contribution in [0.4, 0.5) is 4.39 Å². The van der Waals surface area contributed by atoms with Crippen molar-refractivity contribution in [3.8, 4) is 0 Å². The van der Waals surface area contributed by atoms with Crippen LogP contribution in [0.15, 0.2) is 53.4 Å². The van der Waals surface area contributed by atoms with Crippen LogP contribution in [0.25, 0.3) is 0 Å². The summed E-state index contributed by atoms with van der Waals surface area (Å²) in [4.78, 5) is 1.11. The monoisotopic (exact) mass is 262 g/mol. The van der Waals surface area contributed by atoms with Crippen LogP contribution >= 0.6 is 11.8 Å². The van der Waals surface area contributed by atoms with E-state index in [1.807, 2.05) is 31.2 Å². The molecular weight excluding hydrogens is 247 g/mol. The minimum atomic E-state index is -0.646. The van der Waals surface area contributed by atoms with Gasteiger partial charge in [0.1, 0.15) is 5.82 Å². The quantitative estimate of drug-likeness (QED) is 0.842. The van der Waals surface area contributed by atoms with E-state index in [1.165, 1.54) is 17.7 Å². The molecule has 0 aromatic heterocycles. The third-order valence-corrected chi connectivity index (χ3v) is 3.75. The average Bonchev–Trinajstić information content (AvgIpc) is 2.38. The number of aliphatic hydroxyl groups is 1. The van der Waals surface area contributed by atoms with E-state index in [1.54, 1.807) is 23.9 Å². The summed E-state index contributed by atoms with van der Waals surface area (Å²) in [5.41, 5.74) is 1.83. The highest BCUT2D eigenvalue weighted by Gasteiger charge is 2.08. The summed E-state index contributed by atoms with van der Waals surface area (Å²) in [6.45, 7) is 2.04. The fourth-order valence-corrected chi connectivity index (χ4v) is 2.49. The number of benzene rings is 2. The number of rotatable bonds is 4. The lowest BCUT2D eigenvalue weighted by Crippen LogP contribution is -2.00. The van der Waals surface area contributed by atoms with Crippen molar-refractivity contribution in [2.45, 2.75) is 17.9 Å². The van der Waals surface area contributed by atoms with Crippen LogP contribution < -0.4 is 0 Å². The summed E-state index contributed by atoms with van der Waals surface area (Å²) in [7, 11) is 0. The fraction of sp³-hybridized carbons (Fsp3) is 0.200. The molecule has 2 aromatic rings. The van der Waals surface area contributed by atoms with Crippen molar-refractivity contribution >= 4 is 11.8 Å². The Morgan fingerprint density at radius 2 is 1.89 bits per heavy atom. The van der Waals surface area contributed by atoms with Crippen LogP contribution in [0.3, 0.4) is 0 Å². The number of hydrogen-bond acceptors (Lipinski definition) is 2. The van der Waals surface area contributed by atoms with E-state index in [0.29, 0.717) is 11.3 Å². The van der Waals surface area contributed by atoms with Crippen LogP contribution in [0.1, 0.15) is 17.2 Å². The zero-order valence-electron chi connectivity index (χ0n) is 10.1. The molecule has 0 aliphatic carbocycles. The summed E-state index contributed by atoms with van der Waals surface area (Å²) >= 11 is 1.57. The molecule has 0 saturated carbocycles. The van der Waals surface area contributed by atoms with Crippen LogP contribution in [-0.2, 0) is 0 Å². The summed E-state index contributed by atoms with van der Waals surface area (Å²) in [5.74, 6) is 0.207. The van der Waals surface area contributed by atoms with Gasteiger partial charge in [0.15, 0.2) is 0 Å². The first-order valence-electron chi connectivity index (χ1n) is 5.78. The number of halogens is 1. The third-order valence-electron chi connectivity index (χ3n) is 2.66. The summed E-state index contributed by atoms with van der Waals surface area (Å²) < 4.78 is 13.0. The second kappa shape index (κ2) is 6.03. The molecule has 0 amide bonds. The maximum atomic E-state index is 13.0. The second-order valence-electron chi connectivity index (χ2n) is 4.19. The normalized spacial score (nSPS) is 12.4. The van der Waals surface area contributed by atoms with Crippen molar-refractivity contribution < 1.29 is 9.50 Å². The second-order valence-corrected chi connectivity index (χ2v) is 5.29. The Hall–Kier alpha value is -1.32. The summed E-state index contributed by atoms with van der Waals surface area (Å²) in [6.07, 6.45) is -0.646. The van der Waals surface area contributed by atoms with Gasteiger partial charge < -0.3 is 5.11 Å². The van der Waals surface area contributed by atoms with E-state index < -0.39 is 6.10 Å². The maximum Gasteiger partial charge on any atom is 0.123 e.